The van der Waals surface area contributed by atoms with Gasteiger partial charge in [-0.2, -0.15) is 0 Å². The van der Waals surface area contributed by atoms with Crippen LogP contribution in [0, 0.1) is 0 Å². The van der Waals surface area contributed by atoms with Gasteiger partial charge in [0.2, 0.25) is 5.91 Å². The van der Waals surface area contributed by atoms with Crippen LogP contribution in [0.4, 0.5) is 5.69 Å². The largest absolute Gasteiger partial charge is 0.495 e. The second-order valence-electron chi connectivity index (χ2n) is 6.78. The van der Waals surface area contributed by atoms with E-state index in [0.29, 0.717) is 33.2 Å². The second-order valence-corrected chi connectivity index (χ2v) is 7.22. The van der Waals surface area contributed by atoms with Crippen LogP contribution in [0.1, 0.15) is 16.3 Å². The first-order valence-corrected chi connectivity index (χ1v) is 9.85. The van der Waals surface area contributed by atoms with Crippen molar-refractivity contribution in [3.8, 4) is 5.75 Å². The summed E-state index contributed by atoms with van der Waals surface area (Å²) in [6, 6.07) is 17.2. The Bertz CT molecular complexity index is 1220. The number of ether oxygens (including phenoxy) is 1. The SMILES string of the molecule is COc1ccccc1NC(=O)CN(Cc1ccco1)C(=O)c1cc2cc(Cl)ccc2o1. The van der Waals surface area contributed by atoms with Crippen LogP contribution in [0.15, 0.2) is 75.8 Å². The van der Waals surface area contributed by atoms with Crippen molar-refractivity contribution in [3.05, 3.63) is 83.5 Å². The van der Waals surface area contributed by atoms with Gasteiger partial charge in [0, 0.05) is 10.4 Å². The molecule has 7 nitrogen and oxygen atoms in total. The number of nitrogens with one attached hydrogen (secondary N) is 1. The maximum Gasteiger partial charge on any atom is 0.290 e. The Morgan fingerprint density at radius 1 is 1.10 bits per heavy atom. The molecule has 2 amide bonds. The first kappa shape index (κ1) is 20.6. The van der Waals surface area contributed by atoms with Gasteiger partial charge < -0.3 is 23.8 Å². The highest BCUT2D eigenvalue weighted by Gasteiger charge is 2.24. The number of hydrogen-bond donors (Lipinski definition) is 1. The van der Waals surface area contributed by atoms with Gasteiger partial charge in [-0.1, -0.05) is 23.7 Å². The van der Waals surface area contributed by atoms with Crippen LogP contribution in [0.25, 0.3) is 11.0 Å². The van der Waals surface area contributed by atoms with Crippen molar-refractivity contribution < 1.29 is 23.2 Å². The number of carbonyl (C=O) groups is 2. The number of amides is 2. The van der Waals surface area contributed by atoms with Crippen LogP contribution in [0.3, 0.4) is 0 Å². The number of fused-ring (bicyclic) bond motifs is 1. The van der Waals surface area contributed by atoms with Gasteiger partial charge >= 0.3 is 0 Å². The minimum Gasteiger partial charge on any atom is -0.495 e. The monoisotopic (exact) mass is 438 g/mol. The number of hydrogen-bond acceptors (Lipinski definition) is 5. The third-order valence-electron chi connectivity index (χ3n) is 4.62. The van der Waals surface area contributed by atoms with Crippen LogP contribution in [0.5, 0.6) is 5.75 Å². The lowest BCUT2D eigenvalue weighted by molar-refractivity contribution is -0.117. The quantitative estimate of drug-likeness (QED) is 0.440. The molecule has 0 atom stereocenters. The molecule has 0 unspecified atom stereocenters. The number of anilines is 1. The van der Waals surface area contributed by atoms with Crippen molar-refractivity contribution in [1.82, 2.24) is 4.90 Å². The van der Waals surface area contributed by atoms with Gasteiger partial charge in [-0.15, -0.1) is 0 Å². The van der Waals surface area contributed by atoms with Crippen molar-refractivity contribution in [2.24, 2.45) is 0 Å². The predicted octanol–water partition coefficient (Wildman–Crippen LogP) is 4.97. The molecule has 0 fully saturated rings. The van der Waals surface area contributed by atoms with Gasteiger partial charge in [0.25, 0.3) is 5.91 Å². The molecule has 4 aromatic rings. The van der Waals surface area contributed by atoms with Gasteiger partial charge in [0.05, 0.1) is 25.6 Å². The maximum absolute atomic E-state index is 13.2. The zero-order valence-electron chi connectivity index (χ0n) is 16.6. The molecule has 2 aromatic carbocycles. The van der Waals surface area contributed by atoms with E-state index in [1.54, 1.807) is 60.7 Å². The minimum atomic E-state index is -0.445. The molecule has 2 aromatic heterocycles. The Hall–Kier alpha value is -3.71. The molecule has 0 radical (unpaired) electrons. The summed E-state index contributed by atoms with van der Waals surface area (Å²) in [6.45, 7) is -0.113. The molecule has 0 spiro atoms. The van der Waals surface area contributed by atoms with Crippen LogP contribution >= 0.6 is 11.6 Å². The van der Waals surface area contributed by atoms with Gasteiger partial charge in [0.15, 0.2) is 5.76 Å². The molecule has 0 aliphatic carbocycles. The Morgan fingerprint density at radius 3 is 2.71 bits per heavy atom. The van der Waals surface area contributed by atoms with Crippen molar-refractivity contribution >= 4 is 40.1 Å². The maximum atomic E-state index is 13.2. The van der Waals surface area contributed by atoms with E-state index in [0.717, 1.165) is 0 Å². The van der Waals surface area contributed by atoms with Crippen LogP contribution in [0.2, 0.25) is 5.02 Å². The van der Waals surface area contributed by atoms with E-state index in [9.17, 15) is 9.59 Å². The molecule has 31 heavy (non-hydrogen) atoms. The standard InChI is InChI=1S/C23H19ClN2O5/c1-29-20-7-3-2-6-18(20)25-22(27)14-26(13-17-5-4-10-30-17)23(28)21-12-15-11-16(24)8-9-19(15)31-21/h2-12H,13-14H2,1H3,(H,25,27). The Morgan fingerprint density at radius 2 is 1.94 bits per heavy atom. The molecule has 1 N–H and O–H groups in total. The number of furan rings is 2. The molecule has 2 heterocycles. The third kappa shape index (κ3) is 4.73. The fraction of sp³-hybridized carbons (Fsp3) is 0.130. The van der Waals surface area contributed by atoms with Crippen molar-refractivity contribution in [3.63, 3.8) is 0 Å². The first-order chi connectivity index (χ1) is 15.0. The molecule has 0 bridgehead atoms. The molecule has 158 valence electrons. The molecule has 0 aliphatic heterocycles. The van der Waals surface area contributed by atoms with E-state index in [4.69, 9.17) is 25.2 Å². The first-order valence-electron chi connectivity index (χ1n) is 9.47. The molecular weight excluding hydrogens is 420 g/mol. The van der Waals surface area contributed by atoms with E-state index in [1.165, 1.54) is 18.3 Å². The second kappa shape index (κ2) is 8.97. The summed E-state index contributed by atoms with van der Waals surface area (Å²) in [6.07, 6.45) is 1.51. The van der Waals surface area contributed by atoms with Crippen molar-refractivity contribution in [2.75, 3.05) is 19.0 Å². The lowest BCUT2D eigenvalue weighted by Gasteiger charge is -2.20. The average molecular weight is 439 g/mol. The predicted molar refractivity (Wildman–Crippen MR) is 116 cm³/mol. The highest BCUT2D eigenvalue weighted by atomic mass is 35.5. The highest BCUT2D eigenvalue weighted by molar-refractivity contribution is 6.31. The van der Waals surface area contributed by atoms with Gasteiger partial charge in [-0.25, -0.2) is 0 Å². The summed E-state index contributed by atoms with van der Waals surface area (Å²) in [7, 11) is 1.52. The topological polar surface area (TPSA) is 84.9 Å². The molecule has 0 aliphatic rings. The Balaban J connectivity index is 1.57. The zero-order chi connectivity index (χ0) is 21.8. The number of para-hydroxylation sites is 2. The Labute approximate surface area is 183 Å². The molecule has 4 rings (SSSR count). The van der Waals surface area contributed by atoms with Crippen LogP contribution in [-0.2, 0) is 11.3 Å². The van der Waals surface area contributed by atoms with Gasteiger partial charge in [0.1, 0.15) is 23.6 Å². The molecule has 0 saturated carbocycles. The lowest BCUT2D eigenvalue weighted by atomic mass is 10.2. The summed E-state index contributed by atoms with van der Waals surface area (Å²) in [5.41, 5.74) is 1.04. The number of halogens is 1. The summed E-state index contributed by atoms with van der Waals surface area (Å²) in [4.78, 5) is 27.3. The van der Waals surface area contributed by atoms with Crippen LogP contribution in [-0.4, -0.2) is 30.4 Å². The van der Waals surface area contributed by atoms with Crippen molar-refractivity contribution in [1.29, 1.82) is 0 Å². The summed E-state index contributed by atoms with van der Waals surface area (Å²) in [5, 5.41) is 4.01. The highest BCUT2D eigenvalue weighted by Crippen LogP contribution is 2.25. The van der Waals surface area contributed by atoms with Gasteiger partial charge in [-0.3, -0.25) is 9.59 Å². The minimum absolute atomic E-state index is 0.100. The summed E-state index contributed by atoms with van der Waals surface area (Å²) in [5.74, 6) is 0.336. The number of methoxy groups -OCH3 is 1. The number of nitrogens with zero attached hydrogens (tertiary/aromatic N) is 1. The number of carbonyl (C=O) groups excluding carboxylic acids is 2. The Kier molecular flexibility index (Phi) is 5.95. The average Bonchev–Trinajstić information content (AvgIpc) is 3.42. The van der Waals surface area contributed by atoms with E-state index >= 15 is 0 Å². The summed E-state index contributed by atoms with van der Waals surface area (Å²) >= 11 is 6.02. The lowest BCUT2D eigenvalue weighted by Crippen LogP contribution is -2.37. The van der Waals surface area contributed by atoms with Gasteiger partial charge in [-0.05, 0) is 48.5 Å². The molecule has 8 heteroatoms. The molecular formula is C23H19ClN2O5. The van der Waals surface area contributed by atoms with E-state index < -0.39 is 5.91 Å². The van der Waals surface area contributed by atoms with E-state index in [2.05, 4.69) is 5.32 Å². The van der Waals surface area contributed by atoms with Crippen LogP contribution < -0.4 is 10.1 Å². The fourth-order valence-corrected chi connectivity index (χ4v) is 3.36. The zero-order valence-corrected chi connectivity index (χ0v) is 17.4. The summed E-state index contributed by atoms with van der Waals surface area (Å²) < 4.78 is 16.3. The molecule has 0 saturated heterocycles. The number of rotatable bonds is 7. The smallest absolute Gasteiger partial charge is 0.290 e. The van der Waals surface area contributed by atoms with E-state index in [1.807, 2.05) is 0 Å². The number of benzene rings is 2. The fourth-order valence-electron chi connectivity index (χ4n) is 3.18. The normalized spacial score (nSPS) is 10.8. The van der Waals surface area contributed by atoms with E-state index in [-0.39, 0.29) is 24.8 Å². The van der Waals surface area contributed by atoms with Crippen molar-refractivity contribution in [2.45, 2.75) is 6.54 Å². The third-order valence-corrected chi connectivity index (χ3v) is 4.85.